The van der Waals surface area contributed by atoms with E-state index in [1.54, 1.807) is 0 Å². The topological polar surface area (TPSA) is 46.3 Å². The largest absolute Gasteiger partial charge is 0.327 e. The number of carbonyl (C=O) groups excluding carboxylic acids is 1. The average molecular weight is 246 g/mol. The number of benzene rings is 1. The summed E-state index contributed by atoms with van der Waals surface area (Å²) in [6.07, 6.45) is 2.10. The van der Waals surface area contributed by atoms with E-state index in [1.807, 2.05) is 18.7 Å². The van der Waals surface area contributed by atoms with Gasteiger partial charge in [-0.05, 0) is 38.3 Å². The molecule has 0 bridgehead atoms. The Hall–Kier alpha value is -1.35. The molecule has 2 N–H and O–H groups in total. The minimum absolute atomic E-state index is 0.103. The Kier molecular flexibility index (Phi) is 3.71. The van der Waals surface area contributed by atoms with Gasteiger partial charge in [-0.25, -0.2) is 0 Å². The van der Waals surface area contributed by atoms with Gasteiger partial charge >= 0.3 is 0 Å². The fourth-order valence-corrected chi connectivity index (χ4v) is 2.43. The fraction of sp³-hybridized carbons (Fsp3) is 0.533. The molecule has 0 fully saturated rings. The summed E-state index contributed by atoms with van der Waals surface area (Å²) >= 11 is 0. The molecule has 18 heavy (non-hydrogen) atoms. The average Bonchev–Trinajstić information content (AvgIpc) is 2.35. The van der Waals surface area contributed by atoms with Crippen LogP contribution < -0.4 is 10.6 Å². The van der Waals surface area contributed by atoms with Crippen molar-refractivity contribution in [3.05, 3.63) is 29.3 Å². The first kappa shape index (κ1) is 13.1. The molecule has 1 aliphatic heterocycles. The van der Waals surface area contributed by atoms with Gasteiger partial charge in [0.2, 0.25) is 5.91 Å². The molecule has 0 spiro atoms. The maximum absolute atomic E-state index is 12.4. The zero-order valence-corrected chi connectivity index (χ0v) is 11.4. The molecule has 0 saturated heterocycles. The molecular formula is C15H22N2O. The monoisotopic (exact) mass is 246 g/mol. The second-order valence-corrected chi connectivity index (χ2v) is 5.37. The van der Waals surface area contributed by atoms with Crippen LogP contribution in [0.4, 0.5) is 5.69 Å². The molecule has 0 radical (unpaired) electrons. The van der Waals surface area contributed by atoms with E-state index in [4.69, 9.17) is 5.73 Å². The van der Waals surface area contributed by atoms with E-state index in [1.165, 1.54) is 11.1 Å². The molecule has 1 amide bonds. The molecule has 1 aromatic rings. The summed E-state index contributed by atoms with van der Waals surface area (Å²) in [7, 11) is 0. The van der Waals surface area contributed by atoms with Crippen LogP contribution in [-0.4, -0.2) is 18.5 Å². The second-order valence-electron chi connectivity index (χ2n) is 5.37. The van der Waals surface area contributed by atoms with Gasteiger partial charge in [0.1, 0.15) is 0 Å². The van der Waals surface area contributed by atoms with E-state index in [9.17, 15) is 4.79 Å². The van der Waals surface area contributed by atoms with E-state index < -0.39 is 0 Å². The lowest BCUT2D eigenvalue weighted by Crippen LogP contribution is -2.44. The molecular weight excluding hydrogens is 224 g/mol. The lowest BCUT2D eigenvalue weighted by Gasteiger charge is -2.32. The number of rotatable bonds is 2. The van der Waals surface area contributed by atoms with Crippen molar-refractivity contribution in [3.63, 3.8) is 0 Å². The standard InChI is InChI=1S/C15H22N2O/c1-10-6-7-14-13(9-10)5-4-8-17(14)15(18)11(2)12(3)16/h6-7,9,11-12H,4-5,8,16H2,1-3H3. The lowest BCUT2D eigenvalue weighted by molar-refractivity contribution is -0.122. The summed E-state index contributed by atoms with van der Waals surface area (Å²) in [5.74, 6) is 0.0204. The van der Waals surface area contributed by atoms with Crippen LogP contribution in [0.3, 0.4) is 0 Å². The number of nitrogens with two attached hydrogens (primary N) is 1. The van der Waals surface area contributed by atoms with Crippen molar-refractivity contribution in [3.8, 4) is 0 Å². The number of carbonyl (C=O) groups is 1. The van der Waals surface area contributed by atoms with E-state index in [2.05, 4.69) is 25.1 Å². The maximum atomic E-state index is 12.4. The first-order valence-corrected chi connectivity index (χ1v) is 6.67. The van der Waals surface area contributed by atoms with Gasteiger partial charge in [0.05, 0.1) is 5.92 Å². The highest BCUT2D eigenvalue weighted by molar-refractivity contribution is 5.96. The van der Waals surface area contributed by atoms with Crippen LogP contribution >= 0.6 is 0 Å². The van der Waals surface area contributed by atoms with Gasteiger partial charge in [-0.2, -0.15) is 0 Å². The molecule has 0 aliphatic carbocycles. The Morgan fingerprint density at radius 3 is 2.78 bits per heavy atom. The minimum atomic E-state index is -0.128. The van der Waals surface area contributed by atoms with Gasteiger partial charge < -0.3 is 10.6 Å². The van der Waals surface area contributed by atoms with Crippen LogP contribution in [0.25, 0.3) is 0 Å². The fourth-order valence-electron chi connectivity index (χ4n) is 2.43. The van der Waals surface area contributed by atoms with Crippen LogP contribution in [0, 0.1) is 12.8 Å². The van der Waals surface area contributed by atoms with Crippen LogP contribution in [-0.2, 0) is 11.2 Å². The molecule has 2 unspecified atom stereocenters. The highest BCUT2D eigenvalue weighted by Crippen LogP contribution is 2.29. The van der Waals surface area contributed by atoms with Gasteiger partial charge in [0, 0.05) is 18.3 Å². The SMILES string of the molecule is Cc1ccc2c(c1)CCCN2C(=O)C(C)C(C)N. The number of hydrogen-bond acceptors (Lipinski definition) is 2. The third-order valence-corrected chi connectivity index (χ3v) is 3.80. The first-order chi connectivity index (χ1) is 8.50. The number of amides is 1. The summed E-state index contributed by atoms with van der Waals surface area (Å²) in [6, 6.07) is 6.22. The Balaban J connectivity index is 2.30. The van der Waals surface area contributed by atoms with E-state index in [0.29, 0.717) is 0 Å². The molecule has 2 atom stereocenters. The number of fused-ring (bicyclic) bond motifs is 1. The van der Waals surface area contributed by atoms with Crippen molar-refractivity contribution < 1.29 is 4.79 Å². The Bertz CT molecular complexity index is 454. The molecule has 1 heterocycles. The van der Waals surface area contributed by atoms with Gasteiger partial charge in [-0.1, -0.05) is 24.6 Å². The van der Waals surface area contributed by atoms with E-state index >= 15 is 0 Å². The van der Waals surface area contributed by atoms with Crippen LogP contribution in [0.2, 0.25) is 0 Å². The molecule has 0 aromatic heterocycles. The number of anilines is 1. The number of aryl methyl sites for hydroxylation is 2. The maximum Gasteiger partial charge on any atom is 0.231 e. The molecule has 98 valence electrons. The van der Waals surface area contributed by atoms with Crippen molar-refractivity contribution in [2.45, 2.75) is 39.7 Å². The third kappa shape index (κ3) is 2.41. The predicted molar refractivity (Wildman–Crippen MR) is 74.7 cm³/mol. The van der Waals surface area contributed by atoms with Crippen molar-refractivity contribution in [1.29, 1.82) is 0 Å². The summed E-state index contributed by atoms with van der Waals surface area (Å²) in [6.45, 7) is 6.70. The number of nitrogens with zero attached hydrogens (tertiary/aromatic N) is 1. The van der Waals surface area contributed by atoms with Gasteiger partial charge in [0.25, 0.3) is 0 Å². The molecule has 3 nitrogen and oxygen atoms in total. The molecule has 0 saturated carbocycles. The Labute approximate surface area is 109 Å². The van der Waals surface area contributed by atoms with Crippen LogP contribution in [0.1, 0.15) is 31.4 Å². The van der Waals surface area contributed by atoms with Crippen molar-refractivity contribution >= 4 is 11.6 Å². The molecule has 3 heteroatoms. The summed E-state index contributed by atoms with van der Waals surface area (Å²) < 4.78 is 0. The predicted octanol–water partition coefficient (Wildman–Crippen LogP) is 2.26. The Morgan fingerprint density at radius 1 is 1.39 bits per heavy atom. The Morgan fingerprint density at radius 2 is 2.11 bits per heavy atom. The zero-order valence-electron chi connectivity index (χ0n) is 11.4. The first-order valence-electron chi connectivity index (χ1n) is 6.67. The van der Waals surface area contributed by atoms with Crippen molar-refractivity contribution in [1.82, 2.24) is 0 Å². The van der Waals surface area contributed by atoms with E-state index in [-0.39, 0.29) is 17.9 Å². The van der Waals surface area contributed by atoms with Crippen LogP contribution in [0.5, 0.6) is 0 Å². The molecule has 1 aromatic carbocycles. The van der Waals surface area contributed by atoms with E-state index in [0.717, 1.165) is 25.1 Å². The highest BCUT2D eigenvalue weighted by atomic mass is 16.2. The minimum Gasteiger partial charge on any atom is -0.327 e. The van der Waals surface area contributed by atoms with Crippen molar-refractivity contribution in [2.75, 3.05) is 11.4 Å². The van der Waals surface area contributed by atoms with Crippen LogP contribution in [0.15, 0.2) is 18.2 Å². The quantitative estimate of drug-likeness (QED) is 0.870. The lowest BCUT2D eigenvalue weighted by atomic mass is 9.96. The van der Waals surface area contributed by atoms with Crippen molar-refractivity contribution in [2.24, 2.45) is 11.7 Å². The highest BCUT2D eigenvalue weighted by Gasteiger charge is 2.27. The smallest absolute Gasteiger partial charge is 0.231 e. The van der Waals surface area contributed by atoms with Gasteiger partial charge in [-0.3, -0.25) is 4.79 Å². The number of hydrogen-bond donors (Lipinski definition) is 1. The molecule has 2 rings (SSSR count). The summed E-state index contributed by atoms with van der Waals surface area (Å²) in [4.78, 5) is 14.3. The van der Waals surface area contributed by atoms with Gasteiger partial charge in [0.15, 0.2) is 0 Å². The van der Waals surface area contributed by atoms with Gasteiger partial charge in [-0.15, -0.1) is 0 Å². The second kappa shape index (κ2) is 5.11. The third-order valence-electron chi connectivity index (χ3n) is 3.80. The molecule has 1 aliphatic rings. The normalized spacial score (nSPS) is 18.1. The summed E-state index contributed by atoms with van der Waals surface area (Å²) in [5.41, 5.74) is 9.45. The zero-order chi connectivity index (χ0) is 13.3. The summed E-state index contributed by atoms with van der Waals surface area (Å²) in [5, 5.41) is 0.